The molecule has 1 heterocycles. The summed E-state index contributed by atoms with van der Waals surface area (Å²) in [5.74, 6) is 6.78. The molecule has 198 valence electrons. The van der Waals surface area contributed by atoms with Crippen LogP contribution in [-0.4, -0.2) is 39.2 Å². The Balaban J connectivity index is 1.83. The van der Waals surface area contributed by atoms with Gasteiger partial charge in [-0.15, -0.1) is 11.8 Å². The first kappa shape index (κ1) is 29.1. The SMILES string of the molecule is CCC#CC[C@H](C)C(=O)C(Br)=C[C@@H]1[C@H]2CC3(C[C@H]2C[C@H]1O[Si](C)(C)C(C)(C)C)OCC(C)(C)CO3. The standard InChI is InChI=1S/C29H47BrO4Si/c1-10-11-12-13-20(2)26(31)24(30)15-22-23-17-29(32-18-28(6,7)19-33-29)16-21(23)14-25(22)34-35(8,9)27(3,4)5/h15,20-23,25H,10,13-14,16-19H2,1-9H3/t20-,21+,22+,23-,25+/m0/s1. The number of ketones is 1. The van der Waals surface area contributed by atoms with Crippen molar-refractivity contribution in [1.82, 2.24) is 0 Å². The van der Waals surface area contributed by atoms with Crippen molar-refractivity contribution in [3.8, 4) is 11.8 Å². The first-order valence-electron chi connectivity index (χ1n) is 13.4. The fourth-order valence-electron chi connectivity index (χ4n) is 5.41. The quantitative estimate of drug-likeness (QED) is 0.190. The highest BCUT2D eigenvalue weighted by Crippen LogP contribution is 2.57. The van der Waals surface area contributed by atoms with Gasteiger partial charge in [-0.2, -0.15) is 0 Å². The lowest BCUT2D eigenvalue weighted by Crippen LogP contribution is -2.47. The van der Waals surface area contributed by atoms with Crippen molar-refractivity contribution < 1.29 is 18.7 Å². The number of hydrogen-bond donors (Lipinski definition) is 0. The van der Waals surface area contributed by atoms with Crippen molar-refractivity contribution in [2.75, 3.05) is 13.2 Å². The molecule has 0 bridgehead atoms. The van der Waals surface area contributed by atoms with Gasteiger partial charge in [0.2, 0.25) is 0 Å². The number of carbonyl (C=O) groups excluding carboxylic acids is 1. The highest BCUT2D eigenvalue weighted by Gasteiger charge is 2.58. The molecule has 0 radical (unpaired) electrons. The summed E-state index contributed by atoms with van der Waals surface area (Å²) in [6, 6.07) is 0. The fourth-order valence-corrected chi connectivity index (χ4v) is 7.47. The van der Waals surface area contributed by atoms with E-state index in [0.717, 1.165) is 38.9 Å². The number of allylic oxidation sites excluding steroid dienone is 1. The number of carbonyl (C=O) groups is 1. The van der Waals surface area contributed by atoms with Gasteiger partial charge < -0.3 is 13.9 Å². The van der Waals surface area contributed by atoms with E-state index in [1.807, 2.05) is 13.8 Å². The van der Waals surface area contributed by atoms with Gasteiger partial charge in [0.25, 0.3) is 0 Å². The highest BCUT2D eigenvalue weighted by molar-refractivity contribution is 9.12. The molecule has 0 N–H and O–H groups in total. The predicted octanol–water partition coefficient (Wildman–Crippen LogP) is 7.48. The minimum Gasteiger partial charge on any atom is -0.413 e. The fraction of sp³-hybridized carbons (Fsp3) is 0.828. The van der Waals surface area contributed by atoms with Gasteiger partial charge in [0.1, 0.15) is 0 Å². The van der Waals surface area contributed by atoms with Gasteiger partial charge in [0, 0.05) is 42.9 Å². The Morgan fingerprint density at radius 2 is 1.83 bits per heavy atom. The molecule has 5 atom stereocenters. The Bertz CT molecular complexity index is 865. The monoisotopic (exact) mass is 566 g/mol. The number of hydrogen-bond acceptors (Lipinski definition) is 4. The molecule has 0 aromatic heterocycles. The average Bonchev–Trinajstić information content (AvgIpc) is 3.24. The molecule has 3 rings (SSSR count). The van der Waals surface area contributed by atoms with Gasteiger partial charge in [0.05, 0.1) is 23.8 Å². The van der Waals surface area contributed by atoms with Crippen LogP contribution in [-0.2, 0) is 18.7 Å². The second kappa shape index (κ2) is 10.7. The maximum atomic E-state index is 13.2. The summed E-state index contributed by atoms with van der Waals surface area (Å²) in [6.45, 7) is 21.4. The molecule has 2 aliphatic carbocycles. The average molecular weight is 568 g/mol. The lowest BCUT2D eigenvalue weighted by molar-refractivity contribution is -0.298. The molecule has 1 aliphatic heterocycles. The Morgan fingerprint density at radius 1 is 1.20 bits per heavy atom. The third kappa shape index (κ3) is 6.71. The van der Waals surface area contributed by atoms with Gasteiger partial charge >= 0.3 is 0 Å². The van der Waals surface area contributed by atoms with E-state index in [0.29, 0.717) is 22.7 Å². The zero-order valence-electron chi connectivity index (χ0n) is 23.4. The molecular formula is C29H47BrO4Si. The number of halogens is 1. The second-order valence-corrected chi connectivity index (χ2v) is 19.0. The van der Waals surface area contributed by atoms with Crippen molar-refractivity contribution in [2.24, 2.45) is 29.1 Å². The van der Waals surface area contributed by atoms with Crippen LogP contribution >= 0.6 is 15.9 Å². The molecular weight excluding hydrogens is 520 g/mol. The second-order valence-electron chi connectivity index (χ2n) is 13.4. The van der Waals surface area contributed by atoms with Crippen molar-refractivity contribution in [1.29, 1.82) is 0 Å². The summed E-state index contributed by atoms with van der Waals surface area (Å²) in [4.78, 5) is 13.2. The van der Waals surface area contributed by atoms with Crippen LogP contribution in [0.1, 0.15) is 80.6 Å². The van der Waals surface area contributed by atoms with E-state index < -0.39 is 14.1 Å². The van der Waals surface area contributed by atoms with Crippen LogP contribution in [0.2, 0.25) is 18.1 Å². The van der Waals surface area contributed by atoms with Gasteiger partial charge in [-0.1, -0.05) is 54.5 Å². The van der Waals surface area contributed by atoms with E-state index in [9.17, 15) is 4.79 Å². The largest absolute Gasteiger partial charge is 0.413 e. The molecule has 3 aliphatic rings. The Kier molecular flexibility index (Phi) is 8.92. The molecule has 6 heteroatoms. The van der Waals surface area contributed by atoms with E-state index in [1.54, 1.807) is 0 Å². The minimum atomic E-state index is -1.96. The maximum Gasteiger partial charge on any atom is 0.192 e. The third-order valence-corrected chi connectivity index (χ3v) is 13.8. The number of Topliss-reactive ketones (excluding diaryl/α,β-unsaturated/α-hetero) is 1. The Hall–Kier alpha value is -0.453. The van der Waals surface area contributed by atoms with E-state index in [2.05, 4.69) is 81.6 Å². The molecule has 35 heavy (non-hydrogen) atoms. The first-order valence-corrected chi connectivity index (χ1v) is 17.1. The van der Waals surface area contributed by atoms with E-state index in [-0.39, 0.29) is 34.2 Å². The molecule has 1 spiro atoms. The first-order chi connectivity index (χ1) is 16.1. The molecule has 1 saturated heterocycles. The normalized spacial score (nSPS) is 31.1. The number of fused-ring (bicyclic) bond motifs is 1. The molecule has 2 saturated carbocycles. The van der Waals surface area contributed by atoms with Crippen LogP contribution in [0, 0.1) is 40.9 Å². The van der Waals surface area contributed by atoms with Crippen LogP contribution in [0.25, 0.3) is 0 Å². The maximum absolute atomic E-state index is 13.2. The van der Waals surface area contributed by atoms with Crippen molar-refractivity contribution in [3.63, 3.8) is 0 Å². The van der Waals surface area contributed by atoms with Crippen LogP contribution in [0.3, 0.4) is 0 Å². The van der Waals surface area contributed by atoms with E-state index in [1.165, 1.54) is 0 Å². The van der Waals surface area contributed by atoms with Gasteiger partial charge in [-0.05, 0) is 52.3 Å². The van der Waals surface area contributed by atoms with Crippen LogP contribution in [0.15, 0.2) is 10.6 Å². The van der Waals surface area contributed by atoms with Gasteiger partial charge in [0.15, 0.2) is 19.9 Å². The van der Waals surface area contributed by atoms with E-state index in [4.69, 9.17) is 13.9 Å². The van der Waals surface area contributed by atoms with Crippen molar-refractivity contribution in [2.45, 2.75) is 111 Å². The molecule has 0 unspecified atom stereocenters. The zero-order chi connectivity index (χ0) is 26.2. The molecule has 0 aromatic rings. The van der Waals surface area contributed by atoms with Crippen LogP contribution in [0.4, 0.5) is 0 Å². The Labute approximate surface area is 223 Å². The van der Waals surface area contributed by atoms with Crippen LogP contribution in [0.5, 0.6) is 0 Å². The van der Waals surface area contributed by atoms with E-state index >= 15 is 0 Å². The number of rotatable bonds is 6. The Morgan fingerprint density at radius 3 is 2.40 bits per heavy atom. The summed E-state index contributed by atoms with van der Waals surface area (Å²) in [7, 11) is -1.96. The van der Waals surface area contributed by atoms with Crippen molar-refractivity contribution >= 4 is 30.0 Å². The number of ether oxygens (including phenoxy) is 2. The summed E-state index contributed by atoms with van der Waals surface area (Å²) < 4.78 is 20.5. The topological polar surface area (TPSA) is 44.8 Å². The lowest BCUT2D eigenvalue weighted by atomic mass is 9.89. The molecule has 4 nitrogen and oxygen atoms in total. The highest BCUT2D eigenvalue weighted by atomic mass is 79.9. The molecule has 3 fully saturated rings. The van der Waals surface area contributed by atoms with Crippen LogP contribution < -0.4 is 0 Å². The minimum absolute atomic E-state index is 0.0580. The van der Waals surface area contributed by atoms with Gasteiger partial charge in [-0.25, -0.2) is 0 Å². The van der Waals surface area contributed by atoms with Gasteiger partial charge in [-0.3, -0.25) is 4.79 Å². The predicted molar refractivity (Wildman–Crippen MR) is 149 cm³/mol. The smallest absolute Gasteiger partial charge is 0.192 e. The third-order valence-electron chi connectivity index (χ3n) is 8.62. The lowest BCUT2D eigenvalue weighted by Gasteiger charge is -2.43. The molecule has 0 aromatic carbocycles. The zero-order valence-corrected chi connectivity index (χ0v) is 26.0. The summed E-state index contributed by atoms with van der Waals surface area (Å²) in [5, 5.41) is 0.140. The van der Waals surface area contributed by atoms with Crippen molar-refractivity contribution in [3.05, 3.63) is 10.6 Å². The summed E-state index contributed by atoms with van der Waals surface area (Å²) in [6.07, 6.45) is 6.50. The summed E-state index contributed by atoms with van der Waals surface area (Å²) in [5.41, 5.74) is 0.0580. The molecule has 0 amide bonds. The summed E-state index contributed by atoms with van der Waals surface area (Å²) >= 11 is 3.67.